The number of ether oxygens (including phenoxy) is 2. The predicted octanol–water partition coefficient (Wildman–Crippen LogP) is 3.19. The van der Waals surface area contributed by atoms with Gasteiger partial charge in [-0.3, -0.25) is 0 Å². The Bertz CT molecular complexity index is 623. The molecule has 0 aromatic heterocycles. The highest BCUT2D eigenvalue weighted by Crippen LogP contribution is 2.29. The molecule has 22 heavy (non-hydrogen) atoms. The van der Waals surface area contributed by atoms with E-state index in [0.29, 0.717) is 23.7 Å². The molecule has 0 aliphatic heterocycles. The molecule has 0 saturated carbocycles. The summed E-state index contributed by atoms with van der Waals surface area (Å²) in [5, 5.41) is 0. The molecule has 0 amide bonds. The Kier molecular flexibility index (Phi) is 5.55. The van der Waals surface area contributed by atoms with E-state index < -0.39 is 5.97 Å². The first-order valence-corrected chi connectivity index (χ1v) is 7.38. The van der Waals surface area contributed by atoms with Crippen LogP contribution in [0.15, 0.2) is 48.5 Å². The number of rotatable bonds is 6. The van der Waals surface area contributed by atoms with Crippen molar-refractivity contribution in [3.63, 3.8) is 0 Å². The normalized spacial score (nSPS) is 11.8. The van der Waals surface area contributed by atoms with Gasteiger partial charge >= 0.3 is 5.97 Å². The van der Waals surface area contributed by atoms with E-state index in [2.05, 4.69) is 0 Å². The Morgan fingerprint density at radius 1 is 1.14 bits per heavy atom. The molecule has 0 saturated heterocycles. The smallest absolute Gasteiger partial charge is 0.343 e. The van der Waals surface area contributed by atoms with Crippen LogP contribution in [-0.2, 0) is 6.42 Å². The fraction of sp³-hybridized carbons (Fsp3) is 0.278. The van der Waals surface area contributed by atoms with E-state index in [-0.39, 0.29) is 6.04 Å². The van der Waals surface area contributed by atoms with E-state index in [1.165, 1.54) is 0 Å². The molecule has 0 bridgehead atoms. The Labute approximate surface area is 130 Å². The van der Waals surface area contributed by atoms with Crippen LogP contribution in [-0.4, -0.2) is 18.6 Å². The molecule has 2 rings (SSSR count). The van der Waals surface area contributed by atoms with E-state index >= 15 is 0 Å². The topological polar surface area (TPSA) is 61.6 Å². The highest BCUT2D eigenvalue weighted by molar-refractivity contribution is 5.91. The van der Waals surface area contributed by atoms with E-state index in [1.54, 1.807) is 30.3 Å². The number of hydrogen-bond donors (Lipinski definition) is 1. The third-order valence-corrected chi connectivity index (χ3v) is 3.08. The minimum Gasteiger partial charge on any atom is -0.490 e. The van der Waals surface area contributed by atoms with Gasteiger partial charge in [0.05, 0.1) is 12.2 Å². The second kappa shape index (κ2) is 7.61. The highest BCUT2D eigenvalue weighted by atomic mass is 16.6. The highest BCUT2D eigenvalue weighted by Gasteiger charge is 2.13. The number of benzene rings is 2. The fourth-order valence-corrected chi connectivity index (χ4v) is 2.14. The lowest BCUT2D eigenvalue weighted by Gasteiger charge is -2.13. The number of nitrogens with two attached hydrogens (primary N) is 1. The third-order valence-electron chi connectivity index (χ3n) is 3.08. The molecule has 4 heteroatoms. The molecular formula is C18H21NO3. The second-order valence-corrected chi connectivity index (χ2v) is 5.15. The average Bonchev–Trinajstić information content (AvgIpc) is 2.50. The van der Waals surface area contributed by atoms with Crippen LogP contribution in [0.25, 0.3) is 0 Å². The van der Waals surface area contributed by atoms with E-state index in [1.807, 2.05) is 32.0 Å². The van der Waals surface area contributed by atoms with Gasteiger partial charge < -0.3 is 15.2 Å². The maximum atomic E-state index is 12.1. The van der Waals surface area contributed by atoms with E-state index in [9.17, 15) is 4.79 Å². The van der Waals surface area contributed by atoms with Crippen molar-refractivity contribution in [3.8, 4) is 11.5 Å². The van der Waals surface area contributed by atoms with Gasteiger partial charge in [-0.25, -0.2) is 4.79 Å². The van der Waals surface area contributed by atoms with E-state index in [4.69, 9.17) is 15.2 Å². The lowest BCUT2D eigenvalue weighted by atomic mass is 10.1. The van der Waals surface area contributed by atoms with Crippen LogP contribution >= 0.6 is 0 Å². The van der Waals surface area contributed by atoms with Crippen LogP contribution in [0.4, 0.5) is 0 Å². The minimum atomic E-state index is -0.401. The van der Waals surface area contributed by atoms with Crippen LogP contribution in [0.3, 0.4) is 0 Å². The van der Waals surface area contributed by atoms with Gasteiger partial charge in [-0.2, -0.15) is 0 Å². The Hall–Kier alpha value is -2.33. The van der Waals surface area contributed by atoms with Gasteiger partial charge in [0.2, 0.25) is 0 Å². The van der Waals surface area contributed by atoms with Crippen molar-refractivity contribution in [2.24, 2.45) is 5.73 Å². The zero-order valence-corrected chi connectivity index (χ0v) is 12.9. The summed E-state index contributed by atoms with van der Waals surface area (Å²) < 4.78 is 11.0. The quantitative estimate of drug-likeness (QED) is 0.657. The summed E-state index contributed by atoms with van der Waals surface area (Å²) in [6, 6.07) is 14.5. The summed E-state index contributed by atoms with van der Waals surface area (Å²) in [5.74, 6) is 0.579. The first kappa shape index (κ1) is 16.0. The van der Waals surface area contributed by atoms with Crippen molar-refractivity contribution in [2.45, 2.75) is 26.3 Å². The standard InChI is InChI=1S/C18H21NO3/c1-3-21-17-12-14(11-13(2)19)9-10-16(17)22-18(20)15-7-5-4-6-8-15/h4-10,12-13H,3,11,19H2,1-2H3. The molecule has 1 unspecified atom stereocenters. The summed E-state index contributed by atoms with van der Waals surface area (Å²) in [5.41, 5.74) is 7.38. The molecular weight excluding hydrogens is 278 g/mol. The third kappa shape index (κ3) is 4.33. The summed E-state index contributed by atoms with van der Waals surface area (Å²) in [7, 11) is 0. The fourth-order valence-electron chi connectivity index (χ4n) is 2.14. The molecule has 0 radical (unpaired) electrons. The summed E-state index contributed by atoms with van der Waals surface area (Å²) in [6.07, 6.45) is 0.743. The lowest BCUT2D eigenvalue weighted by Crippen LogP contribution is -2.17. The molecule has 0 fully saturated rings. The van der Waals surface area contributed by atoms with Gasteiger partial charge in [0, 0.05) is 6.04 Å². The lowest BCUT2D eigenvalue weighted by molar-refractivity contribution is 0.0728. The molecule has 2 aromatic rings. The molecule has 0 aliphatic carbocycles. The number of carbonyl (C=O) groups excluding carboxylic acids is 1. The summed E-state index contributed by atoms with van der Waals surface area (Å²) in [6.45, 7) is 4.34. The van der Waals surface area contributed by atoms with Gasteiger partial charge in [-0.1, -0.05) is 24.3 Å². The molecule has 2 aromatic carbocycles. The molecule has 4 nitrogen and oxygen atoms in total. The Balaban J connectivity index is 2.20. The average molecular weight is 299 g/mol. The number of carbonyl (C=O) groups is 1. The van der Waals surface area contributed by atoms with Gasteiger partial charge in [-0.05, 0) is 50.1 Å². The predicted molar refractivity (Wildman–Crippen MR) is 86.4 cm³/mol. The zero-order valence-electron chi connectivity index (χ0n) is 12.9. The molecule has 0 spiro atoms. The number of hydrogen-bond acceptors (Lipinski definition) is 4. The Morgan fingerprint density at radius 2 is 1.86 bits per heavy atom. The van der Waals surface area contributed by atoms with Crippen molar-refractivity contribution in [1.29, 1.82) is 0 Å². The van der Waals surface area contributed by atoms with Crippen LogP contribution in [0.1, 0.15) is 29.8 Å². The summed E-state index contributed by atoms with van der Waals surface area (Å²) in [4.78, 5) is 12.1. The first-order valence-electron chi connectivity index (χ1n) is 7.38. The maximum Gasteiger partial charge on any atom is 0.343 e. The van der Waals surface area contributed by atoms with Crippen molar-refractivity contribution < 1.29 is 14.3 Å². The molecule has 116 valence electrons. The van der Waals surface area contributed by atoms with Crippen molar-refractivity contribution in [3.05, 3.63) is 59.7 Å². The molecule has 1 atom stereocenters. The maximum absolute atomic E-state index is 12.1. The van der Waals surface area contributed by atoms with E-state index in [0.717, 1.165) is 12.0 Å². The van der Waals surface area contributed by atoms with Gasteiger partial charge in [-0.15, -0.1) is 0 Å². The largest absolute Gasteiger partial charge is 0.490 e. The van der Waals surface area contributed by atoms with Crippen LogP contribution in [0.5, 0.6) is 11.5 Å². The van der Waals surface area contributed by atoms with Gasteiger partial charge in [0.1, 0.15) is 0 Å². The van der Waals surface area contributed by atoms with Crippen molar-refractivity contribution in [2.75, 3.05) is 6.61 Å². The SMILES string of the molecule is CCOc1cc(CC(C)N)ccc1OC(=O)c1ccccc1. The van der Waals surface area contributed by atoms with Crippen molar-refractivity contribution >= 4 is 5.97 Å². The number of esters is 1. The minimum absolute atomic E-state index is 0.0622. The second-order valence-electron chi connectivity index (χ2n) is 5.15. The van der Waals surface area contributed by atoms with Crippen molar-refractivity contribution in [1.82, 2.24) is 0 Å². The van der Waals surface area contributed by atoms with Crippen LogP contribution in [0.2, 0.25) is 0 Å². The zero-order chi connectivity index (χ0) is 15.9. The first-order chi connectivity index (χ1) is 10.6. The van der Waals surface area contributed by atoms with Crippen LogP contribution in [0, 0.1) is 0 Å². The van der Waals surface area contributed by atoms with Gasteiger partial charge in [0.25, 0.3) is 0 Å². The Morgan fingerprint density at radius 3 is 2.50 bits per heavy atom. The van der Waals surface area contributed by atoms with Gasteiger partial charge in [0.15, 0.2) is 11.5 Å². The molecule has 2 N–H and O–H groups in total. The monoisotopic (exact) mass is 299 g/mol. The molecule has 0 heterocycles. The summed E-state index contributed by atoms with van der Waals surface area (Å²) >= 11 is 0. The van der Waals surface area contributed by atoms with Crippen LogP contribution < -0.4 is 15.2 Å². The molecule has 0 aliphatic rings.